The summed E-state index contributed by atoms with van der Waals surface area (Å²) in [5, 5.41) is 0.979. The van der Waals surface area contributed by atoms with Crippen molar-refractivity contribution in [2.45, 2.75) is 89.6 Å². The van der Waals surface area contributed by atoms with Gasteiger partial charge in [0.25, 0.3) is 11.5 Å². The molecule has 36 heavy (non-hydrogen) atoms. The van der Waals surface area contributed by atoms with E-state index in [4.69, 9.17) is 0 Å². The number of piperidine rings is 1. The number of likely N-dealkylation sites (tertiary alicyclic amines) is 1. The molecule has 1 saturated heterocycles. The molecule has 7 heteroatoms. The van der Waals surface area contributed by atoms with Crippen molar-refractivity contribution in [3.05, 3.63) is 46.2 Å². The van der Waals surface area contributed by atoms with Crippen LogP contribution in [0.2, 0.25) is 0 Å². The number of alkyl halides is 2. The van der Waals surface area contributed by atoms with E-state index < -0.39 is 11.5 Å². The standard InChI is InChI=1S/C29H41F2N3O2/c1-4-28(2,14-17-33-18-15-29(30,31)16-19-33)34(27(36)22-10-6-5-7-11-22)21-24-20-23-12-8-9-13-25(23)32(3)26(24)35/h8-9,12-13,20,22H,4-7,10-11,14-19,21H2,1-3H3. The molecule has 1 saturated carbocycles. The van der Waals surface area contributed by atoms with Crippen LogP contribution >= 0.6 is 0 Å². The number of aryl methyl sites for hydroxylation is 1. The molecule has 2 fully saturated rings. The number of carbonyl (C=O) groups excluding carboxylic acids is 1. The second-order valence-corrected chi connectivity index (χ2v) is 11.1. The van der Waals surface area contributed by atoms with E-state index in [0.29, 0.717) is 31.6 Å². The number of amides is 1. The van der Waals surface area contributed by atoms with Crippen molar-refractivity contribution in [1.29, 1.82) is 0 Å². The van der Waals surface area contributed by atoms with Gasteiger partial charge in [-0.2, -0.15) is 0 Å². The van der Waals surface area contributed by atoms with Crippen molar-refractivity contribution in [2.75, 3.05) is 19.6 Å². The van der Waals surface area contributed by atoms with Crippen LogP contribution in [0, 0.1) is 5.92 Å². The zero-order chi connectivity index (χ0) is 25.9. The number of nitrogens with zero attached hydrogens (tertiary/aromatic N) is 3. The second-order valence-electron chi connectivity index (χ2n) is 11.1. The third-order valence-electron chi connectivity index (χ3n) is 8.72. The lowest BCUT2D eigenvalue weighted by Crippen LogP contribution is -2.53. The van der Waals surface area contributed by atoms with Gasteiger partial charge in [0.15, 0.2) is 0 Å². The van der Waals surface area contributed by atoms with Gasteiger partial charge in [0.05, 0.1) is 12.1 Å². The molecular formula is C29H41F2N3O2. The Morgan fingerprint density at radius 1 is 1.14 bits per heavy atom. The van der Waals surface area contributed by atoms with Gasteiger partial charge in [0, 0.05) is 56.5 Å². The summed E-state index contributed by atoms with van der Waals surface area (Å²) in [6, 6.07) is 9.74. The average Bonchev–Trinajstić information content (AvgIpc) is 2.89. The molecular weight excluding hydrogens is 460 g/mol. The Morgan fingerprint density at radius 3 is 2.47 bits per heavy atom. The predicted molar refractivity (Wildman–Crippen MR) is 140 cm³/mol. The Bertz CT molecular complexity index is 1120. The number of para-hydroxylation sites is 1. The molecule has 0 N–H and O–H groups in total. The number of halogens is 2. The Morgan fingerprint density at radius 2 is 1.81 bits per heavy atom. The van der Waals surface area contributed by atoms with Gasteiger partial charge in [0.1, 0.15) is 0 Å². The molecule has 5 nitrogen and oxygen atoms in total. The maximum Gasteiger partial charge on any atom is 0.255 e. The highest BCUT2D eigenvalue weighted by Gasteiger charge is 2.39. The first-order valence-corrected chi connectivity index (χ1v) is 13.6. The van der Waals surface area contributed by atoms with Crippen LogP contribution < -0.4 is 5.56 Å². The predicted octanol–water partition coefficient (Wildman–Crippen LogP) is 5.74. The number of rotatable bonds is 8. The quantitative estimate of drug-likeness (QED) is 0.464. The van der Waals surface area contributed by atoms with Gasteiger partial charge in [0.2, 0.25) is 5.91 Å². The smallest absolute Gasteiger partial charge is 0.255 e. The minimum absolute atomic E-state index is 0.0115. The molecule has 198 valence electrons. The number of aromatic nitrogens is 1. The SMILES string of the molecule is CCC(C)(CCN1CCC(F)(F)CC1)N(Cc1cc2ccccc2n(C)c1=O)C(=O)C1CCCCC1. The summed E-state index contributed by atoms with van der Waals surface area (Å²) in [5.41, 5.74) is 0.951. The molecule has 1 aromatic heterocycles. The third kappa shape index (κ3) is 5.82. The first-order chi connectivity index (χ1) is 17.1. The van der Waals surface area contributed by atoms with Crippen molar-refractivity contribution in [3.63, 3.8) is 0 Å². The van der Waals surface area contributed by atoms with Crippen molar-refractivity contribution in [3.8, 4) is 0 Å². The van der Waals surface area contributed by atoms with E-state index in [0.717, 1.165) is 43.0 Å². The van der Waals surface area contributed by atoms with E-state index >= 15 is 0 Å². The van der Waals surface area contributed by atoms with Crippen LogP contribution in [0.25, 0.3) is 10.9 Å². The number of pyridine rings is 1. The Hall–Kier alpha value is -2.28. The average molecular weight is 502 g/mol. The second kappa shape index (κ2) is 11.0. The fourth-order valence-corrected chi connectivity index (χ4v) is 5.88. The van der Waals surface area contributed by atoms with E-state index in [1.54, 1.807) is 11.6 Å². The van der Waals surface area contributed by atoms with Crippen LogP contribution in [-0.4, -0.2) is 51.4 Å². The topological polar surface area (TPSA) is 45.5 Å². The minimum atomic E-state index is -2.57. The van der Waals surface area contributed by atoms with Gasteiger partial charge in [-0.25, -0.2) is 8.78 Å². The summed E-state index contributed by atoms with van der Waals surface area (Å²) >= 11 is 0. The van der Waals surface area contributed by atoms with Crippen LogP contribution in [0.15, 0.2) is 35.1 Å². The molecule has 1 aliphatic heterocycles. The molecule has 2 aliphatic rings. The van der Waals surface area contributed by atoms with Crippen molar-refractivity contribution in [2.24, 2.45) is 13.0 Å². The fourth-order valence-electron chi connectivity index (χ4n) is 5.88. The van der Waals surface area contributed by atoms with Crippen LogP contribution in [0.5, 0.6) is 0 Å². The maximum absolute atomic E-state index is 14.0. The molecule has 1 amide bonds. The molecule has 2 aromatic rings. The molecule has 0 radical (unpaired) electrons. The van der Waals surface area contributed by atoms with Gasteiger partial charge >= 0.3 is 0 Å². The minimum Gasteiger partial charge on any atom is -0.332 e. The number of carbonyl (C=O) groups is 1. The number of hydrogen-bond acceptors (Lipinski definition) is 3. The lowest BCUT2D eigenvalue weighted by atomic mass is 9.84. The van der Waals surface area contributed by atoms with E-state index in [1.807, 2.05) is 35.2 Å². The van der Waals surface area contributed by atoms with Crippen LogP contribution in [-0.2, 0) is 18.4 Å². The number of hydrogen-bond donors (Lipinski definition) is 0. The summed E-state index contributed by atoms with van der Waals surface area (Å²) in [7, 11) is 1.78. The van der Waals surface area contributed by atoms with E-state index in [9.17, 15) is 18.4 Å². The zero-order valence-corrected chi connectivity index (χ0v) is 22.1. The third-order valence-corrected chi connectivity index (χ3v) is 8.72. The highest BCUT2D eigenvalue weighted by Crippen LogP contribution is 2.34. The van der Waals surface area contributed by atoms with Crippen LogP contribution in [0.1, 0.15) is 77.2 Å². The Labute approximate surface area is 213 Å². The first-order valence-electron chi connectivity index (χ1n) is 13.6. The van der Waals surface area contributed by atoms with Crippen molar-refractivity contribution in [1.82, 2.24) is 14.4 Å². The summed E-state index contributed by atoms with van der Waals surface area (Å²) in [6.45, 7) is 5.91. The summed E-state index contributed by atoms with van der Waals surface area (Å²) in [6.07, 6.45) is 6.31. The monoisotopic (exact) mass is 501 g/mol. The highest BCUT2D eigenvalue weighted by atomic mass is 19.3. The van der Waals surface area contributed by atoms with Gasteiger partial charge < -0.3 is 14.4 Å². The first kappa shape index (κ1) is 26.8. The molecule has 1 unspecified atom stereocenters. The van der Waals surface area contributed by atoms with Gasteiger partial charge in [-0.3, -0.25) is 9.59 Å². The summed E-state index contributed by atoms with van der Waals surface area (Å²) in [5.74, 6) is -2.44. The Kier molecular flexibility index (Phi) is 8.18. The van der Waals surface area contributed by atoms with Gasteiger partial charge in [-0.15, -0.1) is 0 Å². The molecule has 2 heterocycles. The van der Waals surface area contributed by atoms with E-state index in [2.05, 4.69) is 18.7 Å². The molecule has 1 atom stereocenters. The summed E-state index contributed by atoms with van der Waals surface area (Å²) < 4.78 is 29.0. The van der Waals surface area contributed by atoms with E-state index in [1.165, 1.54) is 6.42 Å². The number of benzene rings is 1. The normalized spacial score (nSPS) is 20.8. The molecule has 1 aliphatic carbocycles. The van der Waals surface area contributed by atoms with E-state index in [-0.39, 0.29) is 36.8 Å². The molecule has 0 bridgehead atoms. The number of fused-ring (bicyclic) bond motifs is 1. The Balaban J connectivity index is 1.62. The van der Waals surface area contributed by atoms with Crippen molar-refractivity contribution >= 4 is 16.8 Å². The summed E-state index contributed by atoms with van der Waals surface area (Å²) in [4.78, 5) is 31.4. The lowest BCUT2D eigenvalue weighted by molar-refractivity contribution is -0.144. The van der Waals surface area contributed by atoms with Gasteiger partial charge in [-0.05, 0) is 50.1 Å². The van der Waals surface area contributed by atoms with Crippen LogP contribution in [0.3, 0.4) is 0 Å². The molecule has 0 spiro atoms. The lowest BCUT2D eigenvalue weighted by Gasteiger charge is -2.44. The molecule has 1 aromatic carbocycles. The largest absolute Gasteiger partial charge is 0.332 e. The fraction of sp³-hybridized carbons (Fsp3) is 0.655. The van der Waals surface area contributed by atoms with Crippen molar-refractivity contribution < 1.29 is 13.6 Å². The zero-order valence-electron chi connectivity index (χ0n) is 22.1. The van der Waals surface area contributed by atoms with Crippen LogP contribution in [0.4, 0.5) is 8.78 Å². The molecule has 4 rings (SSSR count). The van der Waals surface area contributed by atoms with Gasteiger partial charge in [-0.1, -0.05) is 44.4 Å². The highest BCUT2D eigenvalue weighted by molar-refractivity contribution is 5.81. The maximum atomic E-state index is 14.0.